The molecular formula is C19H32N6O2. The predicted octanol–water partition coefficient (Wildman–Crippen LogP) is 1.08. The van der Waals surface area contributed by atoms with E-state index in [1.54, 1.807) is 0 Å². The highest BCUT2D eigenvalue weighted by molar-refractivity contribution is 5.80. The first-order valence-corrected chi connectivity index (χ1v) is 10.1. The van der Waals surface area contributed by atoms with Crippen molar-refractivity contribution in [3.63, 3.8) is 0 Å². The average molecular weight is 377 g/mol. The quantitative estimate of drug-likeness (QED) is 0.712. The fourth-order valence-corrected chi connectivity index (χ4v) is 4.11. The Balaban J connectivity index is 1.52. The molecule has 150 valence electrons. The van der Waals surface area contributed by atoms with Gasteiger partial charge in [0.25, 0.3) is 0 Å². The zero-order valence-corrected chi connectivity index (χ0v) is 16.9. The molecule has 0 aliphatic carbocycles. The van der Waals surface area contributed by atoms with Gasteiger partial charge in [-0.1, -0.05) is 0 Å². The van der Waals surface area contributed by atoms with Crippen molar-refractivity contribution < 1.29 is 9.59 Å². The largest absolute Gasteiger partial charge is 0.343 e. The van der Waals surface area contributed by atoms with E-state index in [-0.39, 0.29) is 11.8 Å². The minimum atomic E-state index is 0.165. The predicted molar refractivity (Wildman–Crippen MR) is 102 cm³/mol. The zero-order valence-electron chi connectivity index (χ0n) is 16.9. The lowest BCUT2D eigenvalue weighted by Crippen LogP contribution is -2.40. The fraction of sp³-hybridized carbons (Fsp3) is 0.789. The first kappa shape index (κ1) is 19.8. The maximum Gasteiger partial charge on any atom is 0.224 e. The average Bonchev–Trinajstić information content (AvgIpc) is 3.25. The summed E-state index contributed by atoms with van der Waals surface area (Å²) in [6, 6.07) is 0. The molecule has 0 N–H and O–H groups in total. The first-order valence-electron chi connectivity index (χ1n) is 10.1. The van der Waals surface area contributed by atoms with Crippen LogP contribution < -0.4 is 0 Å². The summed E-state index contributed by atoms with van der Waals surface area (Å²) in [5.41, 5.74) is 0. The highest BCUT2D eigenvalue weighted by Gasteiger charge is 2.28. The standard InChI is InChI=1S/C19H32N6O2/c1-4-25-16(14-22(2)3)20-21-19(25)15-7-11-24(12-8-15)18(27)9-13-23-10-5-6-17(23)26/h15H,4-14H2,1-3H3. The van der Waals surface area contributed by atoms with Crippen LogP contribution in [0.5, 0.6) is 0 Å². The molecule has 0 aromatic carbocycles. The van der Waals surface area contributed by atoms with E-state index in [1.165, 1.54) is 0 Å². The molecule has 1 aromatic rings. The molecule has 8 heteroatoms. The lowest BCUT2D eigenvalue weighted by Gasteiger charge is -2.32. The third-order valence-corrected chi connectivity index (χ3v) is 5.61. The van der Waals surface area contributed by atoms with E-state index in [9.17, 15) is 9.59 Å². The second-order valence-corrected chi connectivity index (χ2v) is 7.85. The van der Waals surface area contributed by atoms with E-state index in [2.05, 4.69) is 26.6 Å². The summed E-state index contributed by atoms with van der Waals surface area (Å²) in [4.78, 5) is 30.0. The van der Waals surface area contributed by atoms with Crippen molar-refractivity contribution in [2.45, 2.75) is 58.0 Å². The van der Waals surface area contributed by atoms with Gasteiger partial charge in [0.2, 0.25) is 11.8 Å². The van der Waals surface area contributed by atoms with Crippen molar-refractivity contribution in [3.05, 3.63) is 11.6 Å². The van der Waals surface area contributed by atoms with Crippen LogP contribution in [0.2, 0.25) is 0 Å². The number of aromatic nitrogens is 3. The van der Waals surface area contributed by atoms with E-state index in [1.807, 2.05) is 23.9 Å². The Morgan fingerprint density at radius 3 is 2.52 bits per heavy atom. The van der Waals surface area contributed by atoms with Gasteiger partial charge in [-0.05, 0) is 40.3 Å². The Morgan fingerprint density at radius 1 is 1.19 bits per heavy atom. The molecule has 3 rings (SSSR count). The van der Waals surface area contributed by atoms with Crippen LogP contribution >= 0.6 is 0 Å². The Bertz CT molecular complexity index is 663. The number of hydrogen-bond donors (Lipinski definition) is 0. The summed E-state index contributed by atoms with van der Waals surface area (Å²) in [7, 11) is 4.07. The molecule has 2 aliphatic heterocycles. The van der Waals surface area contributed by atoms with Gasteiger partial charge in [0.15, 0.2) is 0 Å². The third-order valence-electron chi connectivity index (χ3n) is 5.61. The van der Waals surface area contributed by atoms with Crippen LogP contribution in [0.4, 0.5) is 0 Å². The lowest BCUT2D eigenvalue weighted by molar-refractivity contribution is -0.133. The molecule has 2 amide bonds. The summed E-state index contributed by atoms with van der Waals surface area (Å²) >= 11 is 0. The Kier molecular flexibility index (Phi) is 6.46. The number of piperidine rings is 1. The molecule has 0 spiro atoms. The molecule has 0 bridgehead atoms. The summed E-state index contributed by atoms with van der Waals surface area (Å²) in [5.74, 6) is 2.78. The second-order valence-electron chi connectivity index (χ2n) is 7.85. The van der Waals surface area contributed by atoms with Crippen molar-refractivity contribution in [1.29, 1.82) is 0 Å². The van der Waals surface area contributed by atoms with Gasteiger partial charge >= 0.3 is 0 Å². The second kappa shape index (κ2) is 8.82. The number of carbonyl (C=O) groups is 2. The molecule has 0 saturated carbocycles. The van der Waals surface area contributed by atoms with Crippen LogP contribution in [0.3, 0.4) is 0 Å². The van der Waals surface area contributed by atoms with E-state index in [4.69, 9.17) is 0 Å². The van der Waals surface area contributed by atoms with Crippen molar-refractivity contribution in [3.8, 4) is 0 Å². The highest BCUT2D eigenvalue weighted by Crippen LogP contribution is 2.28. The van der Waals surface area contributed by atoms with Gasteiger partial charge in [0, 0.05) is 51.5 Å². The zero-order chi connectivity index (χ0) is 19.4. The normalized spacial score (nSPS) is 18.7. The van der Waals surface area contributed by atoms with Crippen LogP contribution in [-0.2, 0) is 22.7 Å². The Hall–Kier alpha value is -1.96. The number of amides is 2. The van der Waals surface area contributed by atoms with E-state index < -0.39 is 0 Å². The van der Waals surface area contributed by atoms with Crippen LogP contribution in [0.15, 0.2) is 0 Å². The molecule has 1 aromatic heterocycles. The summed E-state index contributed by atoms with van der Waals surface area (Å²) < 4.78 is 2.22. The Morgan fingerprint density at radius 2 is 1.93 bits per heavy atom. The SMILES string of the molecule is CCn1c(CN(C)C)nnc1C1CCN(C(=O)CCN2CCCC2=O)CC1. The van der Waals surface area contributed by atoms with E-state index in [0.29, 0.717) is 25.3 Å². The summed E-state index contributed by atoms with van der Waals surface area (Å²) in [6.45, 7) is 6.67. The molecule has 2 fully saturated rings. The number of rotatable bonds is 7. The topological polar surface area (TPSA) is 74.6 Å². The maximum absolute atomic E-state index is 12.5. The van der Waals surface area contributed by atoms with Gasteiger partial charge < -0.3 is 19.3 Å². The number of carbonyl (C=O) groups excluding carboxylic acids is 2. The minimum Gasteiger partial charge on any atom is -0.343 e. The van der Waals surface area contributed by atoms with Gasteiger partial charge in [-0.25, -0.2) is 0 Å². The molecule has 8 nitrogen and oxygen atoms in total. The monoisotopic (exact) mass is 376 g/mol. The smallest absolute Gasteiger partial charge is 0.224 e. The van der Waals surface area contributed by atoms with Crippen molar-refractivity contribution >= 4 is 11.8 Å². The van der Waals surface area contributed by atoms with Crippen molar-refractivity contribution in [1.82, 2.24) is 29.5 Å². The molecule has 27 heavy (non-hydrogen) atoms. The van der Waals surface area contributed by atoms with E-state index >= 15 is 0 Å². The summed E-state index contributed by atoms with van der Waals surface area (Å²) in [5, 5.41) is 8.86. The van der Waals surface area contributed by atoms with Crippen LogP contribution in [0, 0.1) is 0 Å². The van der Waals surface area contributed by atoms with Crippen LogP contribution in [0.1, 0.15) is 56.6 Å². The van der Waals surface area contributed by atoms with Gasteiger partial charge in [0.05, 0.1) is 6.54 Å². The first-order chi connectivity index (χ1) is 13.0. The number of nitrogens with zero attached hydrogens (tertiary/aromatic N) is 6. The highest BCUT2D eigenvalue weighted by atomic mass is 16.2. The number of likely N-dealkylation sites (tertiary alicyclic amines) is 2. The van der Waals surface area contributed by atoms with Gasteiger partial charge in [-0.15, -0.1) is 10.2 Å². The Labute approximate surface area is 161 Å². The van der Waals surface area contributed by atoms with Crippen LogP contribution in [0.25, 0.3) is 0 Å². The summed E-state index contributed by atoms with van der Waals surface area (Å²) in [6.07, 6.45) is 3.84. The van der Waals surface area contributed by atoms with Gasteiger partial charge in [-0.2, -0.15) is 0 Å². The minimum absolute atomic E-state index is 0.165. The molecule has 2 aliphatic rings. The molecule has 0 radical (unpaired) electrons. The molecular weight excluding hydrogens is 344 g/mol. The van der Waals surface area contributed by atoms with Crippen LogP contribution in [-0.4, -0.2) is 81.6 Å². The molecule has 3 heterocycles. The molecule has 0 atom stereocenters. The number of hydrogen-bond acceptors (Lipinski definition) is 5. The van der Waals surface area contributed by atoms with Gasteiger partial charge in [-0.3, -0.25) is 9.59 Å². The third kappa shape index (κ3) is 4.66. The van der Waals surface area contributed by atoms with Crippen molar-refractivity contribution in [2.24, 2.45) is 0 Å². The molecule has 0 unspecified atom stereocenters. The fourth-order valence-electron chi connectivity index (χ4n) is 4.11. The van der Waals surface area contributed by atoms with Crippen molar-refractivity contribution in [2.75, 3.05) is 40.3 Å². The van der Waals surface area contributed by atoms with E-state index in [0.717, 1.165) is 63.6 Å². The lowest BCUT2D eigenvalue weighted by atomic mass is 9.95. The van der Waals surface area contributed by atoms with Gasteiger partial charge in [0.1, 0.15) is 11.6 Å². The maximum atomic E-state index is 12.5. The molecule has 2 saturated heterocycles.